The van der Waals surface area contributed by atoms with Crippen LogP contribution in [0.5, 0.6) is 11.5 Å². The number of thioether (sulfide) groups is 1. The molecule has 18 heavy (non-hydrogen) atoms. The summed E-state index contributed by atoms with van der Waals surface area (Å²) < 4.78 is 11.4. The van der Waals surface area contributed by atoms with Gasteiger partial charge in [-0.2, -0.15) is 11.8 Å². The van der Waals surface area contributed by atoms with Crippen LogP contribution in [0.25, 0.3) is 0 Å². The van der Waals surface area contributed by atoms with Gasteiger partial charge < -0.3 is 9.47 Å². The van der Waals surface area contributed by atoms with Gasteiger partial charge in [0.1, 0.15) is 17.1 Å². The Morgan fingerprint density at radius 1 is 1.44 bits per heavy atom. The summed E-state index contributed by atoms with van der Waals surface area (Å²) in [5.74, 6) is 2.48. The van der Waals surface area contributed by atoms with Crippen molar-refractivity contribution in [1.82, 2.24) is 0 Å². The molecule has 1 aromatic carbocycles. The summed E-state index contributed by atoms with van der Waals surface area (Å²) in [7, 11) is 0. The third kappa shape index (κ3) is 2.99. The first-order valence-electron chi connectivity index (χ1n) is 6.00. The number of ether oxygens (including phenoxy) is 2. The average Bonchev–Trinajstić information content (AvgIpc) is 2.27. The maximum atomic E-state index is 11.9. The molecule has 0 atom stereocenters. The van der Waals surface area contributed by atoms with Crippen molar-refractivity contribution < 1.29 is 14.3 Å². The van der Waals surface area contributed by atoms with Gasteiger partial charge >= 0.3 is 0 Å². The standard InChI is InChI=1S/C14H18O3S/c1-14(2)9-12(15)11-5-4-10(8-13(11)17-14)16-6-7-18-3/h4-5,8H,6-7,9H2,1-3H3. The molecule has 2 rings (SSSR count). The van der Waals surface area contributed by atoms with E-state index >= 15 is 0 Å². The number of rotatable bonds is 4. The zero-order valence-electron chi connectivity index (χ0n) is 11.0. The van der Waals surface area contributed by atoms with Crippen molar-refractivity contribution in [2.75, 3.05) is 18.6 Å². The molecule has 1 aromatic rings. The summed E-state index contributed by atoms with van der Waals surface area (Å²) in [6.07, 6.45) is 2.47. The quantitative estimate of drug-likeness (QED) is 0.784. The van der Waals surface area contributed by atoms with Crippen LogP contribution in [0.3, 0.4) is 0 Å². The van der Waals surface area contributed by atoms with Gasteiger partial charge in [0.05, 0.1) is 18.6 Å². The molecule has 0 fully saturated rings. The number of carbonyl (C=O) groups is 1. The normalized spacial score (nSPS) is 16.9. The zero-order chi connectivity index (χ0) is 13.2. The fourth-order valence-electron chi connectivity index (χ4n) is 1.97. The predicted octanol–water partition coefficient (Wildman–Crippen LogP) is 3.17. The van der Waals surface area contributed by atoms with E-state index in [1.807, 2.05) is 32.2 Å². The van der Waals surface area contributed by atoms with Gasteiger partial charge in [-0.3, -0.25) is 4.79 Å². The van der Waals surface area contributed by atoms with Crippen LogP contribution < -0.4 is 9.47 Å². The smallest absolute Gasteiger partial charge is 0.170 e. The number of benzene rings is 1. The minimum Gasteiger partial charge on any atom is -0.493 e. The van der Waals surface area contributed by atoms with Gasteiger partial charge in [-0.25, -0.2) is 0 Å². The Balaban J connectivity index is 2.18. The molecule has 0 radical (unpaired) electrons. The first-order valence-corrected chi connectivity index (χ1v) is 7.39. The molecule has 0 N–H and O–H groups in total. The number of fused-ring (bicyclic) bond motifs is 1. The lowest BCUT2D eigenvalue weighted by Gasteiger charge is -2.31. The number of hydrogen-bond acceptors (Lipinski definition) is 4. The van der Waals surface area contributed by atoms with Crippen molar-refractivity contribution in [3.8, 4) is 11.5 Å². The van der Waals surface area contributed by atoms with E-state index in [1.54, 1.807) is 17.8 Å². The lowest BCUT2D eigenvalue weighted by Crippen LogP contribution is -2.35. The highest BCUT2D eigenvalue weighted by Gasteiger charge is 2.32. The second-order valence-electron chi connectivity index (χ2n) is 4.96. The Kier molecular flexibility index (Phi) is 3.85. The molecule has 98 valence electrons. The molecule has 0 unspecified atom stereocenters. The highest BCUT2D eigenvalue weighted by Crippen LogP contribution is 2.35. The fraction of sp³-hybridized carbons (Fsp3) is 0.500. The van der Waals surface area contributed by atoms with Crippen molar-refractivity contribution in [3.63, 3.8) is 0 Å². The molecule has 0 spiro atoms. The maximum Gasteiger partial charge on any atom is 0.170 e. The van der Waals surface area contributed by atoms with E-state index in [0.717, 1.165) is 11.5 Å². The number of ketones is 1. The molecular weight excluding hydrogens is 248 g/mol. The monoisotopic (exact) mass is 266 g/mol. The van der Waals surface area contributed by atoms with Gasteiger partial charge in [-0.1, -0.05) is 0 Å². The minimum atomic E-state index is -0.429. The van der Waals surface area contributed by atoms with Gasteiger partial charge in [0.2, 0.25) is 0 Å². The van der Waals surface area contributed by atoms with Crippen molar-refractivity contribution in [2.24, 2.45) is 0 Å². The maximum absolute atomic E-state index is 11.9. The van der Waals surface area contributed by atoms with E-state index < -0.39 is 5.60 Å². The molecule has 4 heteroatoms. The summed E-state index contributed by atoms with van der Waals surface area (Å²) >= 11 is 1.74. The summed E-state index contributed by atoms with van der Waals surface area (Å²) in [5, 5.41) is 0. The summed E-state index contributed by atoms with van der Waals surface area (Å²) in [5.41, 5.74) is 0.230. The number of carbonyl (C=O) groups excluding carboxylic acids is 1. The predicted molar refractivity (Wildman–Crippen MR) is 74.0 cm³/mol. The Morgan fingerprint density at radius 3 is 2.94 bits per heavy atom. The molecular formula is C14H18O3S. The van der Waals surface area contributed by atoms with Crippen molar-refractivity contribution in [1.29, 1.82) is 0 Å². The average molecular weight is 266 g/mol. The lowest BCUT2D eigenvalue weighted by molar-refractivity contribution is 0.0618. The second kappa shape index (κ2) is 5.22. The minimum absolute atomic E-state index is 0.136. The van der Waals surface area contributed by atoms with Crippen LogP contribution in [0.4, 0.5) is 0 Å². The third-order valence-electron chi connectivity index (χ3n) is 2.78. The second-order valence-corrected chi connectivity index (χ2v) is 5.95. The Hall–Kier alpha value is -1.16. The highest BCUT2D eigenvalue weighted by molar-refractivity contribution is 7.98. The number of hydrogen-bond donors (Lipinski definition) is 0. The van der Waals surface area contributed by atoms with E-state index in [1.165, 1.54) is 0 Å². The van der Waals surface area contributed by atoms with Crippen LogP contribution in [0.15, 0.2) is 18.2 Å². The van der Waals surface area contributed by atoms with E-state index in [9.17, 15) is 4.79 Å². The summed E-state index contributed by atoms with van der Waals surface area (Å²) in [6, 6.07) is 5.44. The lowest BCUT2D eigenvalue weighted by atomic mass is 9.93. The Labute approximate surface area is 112 Å². The van der Waals surface area contributed by atoms with Crippen LogP contribution in [0.2, 0.25) is 0 Å². The van der Waals surface area contributed by atoms with Gasteiger partial charge in [-0.15, -0.1) is 0 Å². The largest absolute Gasteiger partial charge is 0.493 e. The van der Waals surface area contributed by atoms with Crippen LogP contribution in [-0.4, -0.2) is 30.0 Å². The zero-order valence-corrected chi connectivity index (χ0v) is 11.8. The molecule has 1 aliphatic heterocycles. The van der Waals surface area contributed by atoms with Crippen molar-refractivity contribution >= 4 is 17.5 Å². The van der Waals surface area contributed by atoms with Crippen molar-refractivity contribution in [3.05, 3.63) is 23.8 Å². The van der Waals surface area contributed by atoms with Crippen LogP contribution in [0.1, 0.15) is 30.6 Å². The Bertz CT molecular complexity index is 454. The molecule has 1 aliphatic rings. The molecule has 0 saturated heterocycles. The molecule has 1 heterocycles. The third-order valence-corrected chi connectivity index (χ3v) is 3.36. The molecule has 3 nitrogen and oxygen atoms in total. The van der Waals surface area contributed by atoms with E-state index in [2.05, 4.69) is 0 Å². The van der Waals surface area contributed by atoms with Crippen LogP contribution >= 0.6 is 11.8 Å². The Morgan fingerprint density at radius 2 is 2.22 bits per heavy atom. The first-order chi connectivity index (χ1) is 8.52. The van der Waals surface area contributed by atoms with Gasteiger partial charge in [-0.05, 0) is 32.2 Å². The van der Waals surface area contributed by atoms with E-state index in [-0.39, 0.29) is 5.78 Å². The van der Waals surface area contributed by atoms with Gasteiger partial charge in [0, 0.05) is 11.8 Å². The van der Waals surface area contributed by atoms with E-state index in [4.69, 9.17) is 9.47 Å². The van der Waals surface area contributed by atoms with Gasteiger partial charge in [0.25, 0.3) is 0 Å². The SMILES string of the molecule is CSCCOc1ccc2c(c1)OC(C)(C)CC2=O. The summed E-state index contributed by atoms with van der Waals surface area (Å²) in [6.45, 7) is 4.52. The first kappa shape index (κ1) is 13.3. The number of Topliss-reactive ketones (excluding diaryl/α,β-unsaturated/α-hetero) is 1. The van der Waals surface area contributed by atoms with Gasteiger partial charge in [0.15, 0.2) is 5.78 Å². The topological polar surface area (TPSA) is 35.5 Å². The molecule has 0 amide bonds. The highest BCUT2D eigenvalue weighted by atomic mass is 32.2. The molecule has 0 aromatic heterocycles. The fourth-order valence-corrected chi connectivity index (χ4v) is 2.22. The molecule has 0 aliphatic carbocycles. The van der Waals surface area contributed by atoms with Crippen LogP contribution in [-0.2, 0) is 0 Å². The van der Waals surface area contributed by atoms with Crippen LogP contribution in [0, 0.1) is 0 Å². The van der Waals surface area contributed by atoms with Crippen molar-refractivity contribution in [2.45, 2.75) is 25.9 Å². The summed E-state index contributed by atoms with van der Waals surface area (Å²) in [4.78, 5) is 11.9. The molecule has 0 bridgehead atoms. The molecule has 0 saturated carbocycles. The van der Waals surface area contributed by atoms with E-state index in [0.29, 0.717) is 24.3 Å².